The van der Waals surface area contributed by atoms with Crippen molar-refractivity contribution in [1.29, 1.82) is 0 Å². The summed E-state index contributed by atoms with van der Waals surface area (Å²) in [6.45, 7) is 7.11. The maximum atomic E-state index is 6.06. The maximum absolute atomic E-state index is 6.06. The fourth-order valence-corrected chi connectivity index (χ4v) is 3.24. The molecule has 1 aromatic rings. The number of nitrogens with one attached hydrogen (secondary N) is 1. The van der Waals surface area contributed by atoms with Gasteiger partial charge < -0.3 is 16.0 Å². The smallest absolute Gasteiger partial charge is 0.0622 e. The van der Waals surface area contributed by atoms with Crippen LogP contribution in [-0.4, -0.2) is 37.1 Å². The van der Waals surface area contributed by atoms with Crippen LogP contribution in [0.1, 0.15) is 24.0 Å². The second kappa shape index (κ2) is 5.81. The van der Waals surface area contributed by atoms with Gasteiger partial charge in [0.25, 0.3) is 0 Å². The standard InChI is InChI=1S/C15H24BrN3/c1-11-7-13(8-12(2)14(11)16)18-15(9-17)5-4-6-19(3)10-15/h7-8,18H,4-6,9-10,17H2,1-3H3. The zero-order chi connectivity index (χ0) is 14.0. The summed E-state index contributed by atoms with van der Waals surface area (Å²) in [6.07, 6.45) is 2.34. The van der Waals surface area contributed by atoms with Crippen molar-refractivity contribution in [1.82, 2.24) is 4.90 Å². The molecule has 1 atom stereocenters. The predicted octanol–water partition coefficient (Wildman–Crippen LogP) is 2.90. The van der Waals surface area contributed by atoms with Gasteiger partial charge in [0, 0.05) is 23.2 Å². The van der Waals surface area contributed by atoms with Gasteiger partial charge in [-0.15, -0.1) is 0 Å². The highest BCUT2D eigenvalue weighted by Gasteiger charge is 2.32. The Labute approximate surface area is 124 Å². The highest BCUT2D eigenvalue weighted by molar-refractivity contribution is 9.10. The fourth-order valence-electron chi connectivity index (χ4n) is 3.01. The van der Waals surface area contributed by atoms with Gasteiger partial charge in [0.2, 0.25) is 0 Å². The van der Waals surface area contributed by atoms with E-state index in [2.05, 4.69) is 59.2 Å². The number of nitrogens with two attached hydrogens (primary N) is 1. The van der Waals surface area contributed by atoms with Gasteiger partial charge in [0.1, 0.15) is 0 Å². The molecule has 1 aromatic carbocycles. The molecule has 4 heteroatoms. The number of halogens is 1. The summed E-state index contributed by atoms with van der Waals surface area (Å²) in [5.41, 5.74) is 9.77. The molecule has 3 nitrogen and oxygen atoms in total. The summed E-state index contributed by atoms with van der Waals surface area (Å²) >= 11 is 3.62. The first-order chi connectivity index (χ1) is 8.96. The van der Waals surface area contributed by atoms with E-state index in [0.717, 1.165) is 13.0 Å². The van der Waals surface area contributed by atoms with E-state index in [-0.39, 0.29) is 5.54 Å². The topological polar surface area (TPSA) is 41.3 Å². The third-order valence-corrected chi connectivity index (χ3v) is 5.26. The summed E-state index contributed by atoms with van der Waals surface area (Å²) in [5.74, 6) is 0. The average Bonchev–Trinajstić information content (AvgIpc) is 2.36. The minimum atomic E-state index is 0.0136. The molecule has 19 heavy (non-hydrogen) atoms. The summed E-state index contributed by atoms with van der Waals surface area (Å²) < 4.78 is 1.20. The van der Waals surface area contributed by atoms with Gasteiger partial charge in [-0.05, 0) is 63.5 Å². The third kappa shape index (κ3) is 3.30. The lowest BCUT2D eigenvalue weighted by Crippen LogP contribution is -2.56. The maximum Gasteiger partial charge on any atom is 0.0622 e. The van der Waals surface area contributed by atoms with E-state index < -0.39 is 0 Å². The van der Waals surface area contributed by atoms with Gasteiger partial charge in [0.15, 0.2) is 0 Å². The Hall–Kier alpha value is -0.580. The second-order valence-corrected chi connectivity index (χ2v) is 6.67. The number of nitrogens with zero attached hydrogens (tertiary/aromatic N) is 1. The molecule has 0 aliphatic carbocycles. The molecule has 0 bridgehead atoms. The zero-order valence-corrected chi connectivity index (χ0v) is 13.7. The number of rotatable bonds is 3. The minimum Gasteiger partial charge on any atom is -0.377 e. The summed E-state index contributed by atoms with van der Waals surface area (Å²) in [7, 11) is 2.17. The summed E-state index contributed by atoms with van der Waals surface area (Å²) in [5, 5.41) is 3.70. The lowest BCUT2D eigenvalue weighted by Gasteiger charge is -2.42. The van der Waals surface area contributed by atoms with Crippen molar-refractivity contribution >= 4 is 21.6 Å². The van der Waals surface area contributed by atoms with Crippen LogP contribution < -0.4 is 11.1 Å². The number of benzene rings is 1. The Morgan fingerprint density at radius 1 is 1.37 bits per heavy atom. The summed E-state index contributed by atoms with van der Waals surface area (Å²) in [4.78, 5) is 2.36. The van der Waals surface area contributed by atoms with Crippen molar-refractivity contribution in [2.75, 3.05) is 32.0 Å². The van der Waals surface area contributed by atoms with E-state index in [9.17, 15) is 0 Å². The van der Waals surface area contributed by atoms with Crippen LogP contribution in [0, 0.1) is 13.8 Å². The van der Waals surface area contributed by atoms with Crippen molar-refractivity contribution in [2.45, 2.75) is 32.2 Å². The molecule has 0 amide bonds. The van der Waals surface area contributed by atoms with Gasteiger partial charge in [-0.1, -0.05) is 15.9 Å². The van der Waals surface area contributed by atoms with E-state index in [0.29, 0.717) is 6.54 Å². The van der Waals surface area contributed by atoms with E-state index >= 15 is 0 Å². The Morgan fingerprint density at radius 3 is 2.53 bits per heavy atom. The first-order valence-corrected chi connectivity index (χ1v) is 7.69. The molecule has 2 rings (SSSR count). The van der Waals surface area contributed by atoms with E-state index in [1.807, 2.05) is 0 Å². The number of aryl methyl sites for hydroxylation is 2. The van der Waals surface area contributed by atoms with Crippen LogP contribution >= 0.6 is 15.9 Å². The largest absolute Gasteiger partial charge is 0.377 e. The van der Waals surface area contributed by atoms with Crippen molar-refractivity contribution in [3.8, 4) is 0 Å². The van der Waals surface area contributed by atoms with Crippen LogP contribution in [0.5, 0.6) is 0 Å². The van der Waals surface area contributed by atoms with Gasteiger partial charge in [-0.3, -0.25) is 0 Å². The summed E-state index contributed by atoms with van der Waals surface area (Å²) in [6, 6.07) is 4.40. The number of hydrogen-bond donors (Lipinski definition) is 2. The SMILES string of the molecule is Cc1cc(NC2(CN)CCCN(C)C2)cc(C)c1Br. The average molecular weight is 326 g/mol. The molecule has 3 N–H and O–H groups in total. The molecule has 0 spiro atoms. The van der Waals surface area contributed by atoms with Crippen LogP contribution in [0.15, 0.2) is 16.6 Å². The Bertz CT molecular complexity index is 438. The number of piperidine rings is 1. The molecule has 1 aliphatic rings. The van der Waals surface area contributed by atoms with Crippen LogP contribution in [0.2, 0.25) is 0 Å². The van der Waals surface area contributed by atoms with Crippen molar-refractivity contribution < 1.29 is 0 Å². The highest BCUT2D eigenvalue weighted by atomic mass is 79.9. The Balaban J connectivity index is 2.23. The lowest BCUT2D eigenvalue weighted by molar-refractivity contribution is 0.198. The fraction of sp³-hybridized carbons (Fsp3) is 0.600. The molecular formula is C15H24BrN3. The monoisotopic (exact) mass is 325 g/mol. The van der Waals surface area contributed by atoms with E-state index in [1.54, 1.807) is 0 Å². The van der Waals surface area contributed by atoms with Crippen molar-refractivity contribution in [3.63, 3.8) is 0 Å². The number of anilines is 1. The van der Waals surface area contributed by atoms with Crippen LogP contribution in [0.3, 0.4) is 0 Å². The quantitative estimate of drug-likeness (QED) is 0.897. The second-order valence-electron chi connectivity index (χ2n) is 5.87. The molecule has 1 fully saturated rings. The molecule has 106 valence electrons. The number of likely N-dealkylation sites (N-methyl/N-ethyl adjacent to an activating group) is 1. The van der Waals surface area contributed by atoms with Gasteiger partial charge in [-0.25, -0.2) is 0 Å². The molecule has 1 aliphatic heterocycles. The van der Waals surface area contributed by atoms with Crippen molar-refractivity contribution in [3.05, 3.63) is 27.7 Å². The first kappa shape index (κ1) is 14.8. The molecule has 0 saturated carbocycles. The van der Waals surface area contributed by atoms with Gasteiger partial charge >= 0.3 is 0 Å². The number of hydrogen-bond acceptors (Lipinski definition) is 3. The molecule has 1 unspecified atom stereocenters. The normalized spacial score (nSPS) is 24.5. The molecule has 1 heterocycles. The van der Waals surface area contributed by atoms with Crippen LogP contribution in [0.4, 0.5) is 5.69 Å². The number of likely N-dealkylation sites (tertiary alicyclic amines) is 1. The minimum absolute atomic E-state index is 0.0136. The molecular weight excluding hydrogens is 302 g/mol. The van der Waals surface area contributed by atoms with Crippen molar-refractivity contribution in [2.24, 2.45) is 5.73 Å². The molecule has 1 saturated heterocycles. The van der Waals surface area contributed by atoms with Gasteiger partial charge in [0.05, 0.1) is 5.54 Å². The highest BCUT2D eigenvalue weighted by Crippen LogP contribution is 2.29. The lowest BCUT2D eigenvalue weighted by atomic mass is 9.88. The Morgan fingerprint density at radius 2 is 2.00 bits per heavy atom. The van der Waals surface area contributed by atoms with Crippen LogP contribution in [0.25, 0.3) is 0 Å². The third-order valence-electron chi connectivity index (χ3n) is 4.00. The molecule has 0 radical (unpaired) electrons. The van der Waals surface area contributed by atoms with Crippen LogP contribution in [-0.2, 0) is 0 Å². The van der Waals surface area contributed by atoms with E-state index in [1.165, 1.54) is 34.3 Å². The zero-order valence-electron chi connectivity index (χ0n) is 12.1. The van der Waals surface area contributed by atoms with Gasteiger partial charge in [-0.2, -0.15) is 0 Å². The predicted molar refractivity (Wildman–Crippen MR) is 85.8 cm³/mol. The Kier molecular flexibility index (Phi) is 4.54. The van der Waals surface area contributed by atoms with E-state index in [4.69, 9.17) is 5.73 Å². The first-order valence-electron chi connectivity index (χ1n) is 6.89. The molecule has 0 aromatic heterocycles.